The zero-order valence-corrected chi connectivity index (χ0v) is 19.9. The Balaban J connectivity index is 1.45. The van der Waals surface area contributed by atoms with Crippen LogP contribution < -0.4 is 11.0 Å². The Morgan fingerprint density at radius 2 is 1.92 bits per heavy atom. The number of carbonyl (C=O) groups excluding carboxylic acids is 1. The Bertz CT molecular complexity index is 1410. The van der Waals surface area contributed by atoms with Crippen LogP contribution in [-0.2, 0) is 22.6 Å². The van der Waals surface area contributed by atoms with E-state index in [1.165, 1.54) is 25.3 Å². The van der Waals surface area contributed by atoms with Gasteiger partial charge in [-0.25, -0.2) is 0 Å². The van der Waals surface area contributed by atoms with Crippen molar-refractivity contribution >= 4 is 5.97 Å². The molecule has 0 unspecified atom stereocenters. The summed E-state index contributed by atoms with van der Waals surface area (Å²) in [6.07, 6.45) is 0.822. The molecular formula is C27H28N2O7. The number of hydrogen-bond acceptors (Lipinski definition) is 8. The first-order chi connectivity index (χ1) is 17.3. The van der Waals surface area contributed by atoms with Gasteiger partial charge in [-0.15, -0.1) is 0 Å². The first-order valence-electron chi connectivity index (χ1n) is 12.0. The van der Waals surface area contributed by atoms with Crippen LogP contribution in [0.2, 0.25) is 0 Å². The van der Waals surface area contributed by atoms with Crippen molar-refractivity contribution in [1.29, 1.82) is 0 Å². The minimum absolute atomic E-state index is 0.0143. The number of hydrogen-bond donors (Lipinski definition) is 2. The fourth-order valence-electron chi connectivity index (χ4n) is 5.57. The van der Waals surface area contributed by atoms with Gasteiger partial charge in [0.15, 0.2) is 5.76 Å². The van der Waals surface area contributed by atoms with Gasteiger partial charge in [0.25, 0.3) is 5.56 Å². The Hall–Kier alpha value is -3.85. The molecule has 36 heavy (non-hydrogen) atoms. The van der Waals surface area contributed by atoms with E-state index < -0.39 is 23.1 Å². The van der Waals surface area contributed by atoms with Crippen LogP contribution in [0.15, 0.2) is 62.5 Å². The number of ether oxygens (including phenoxy) is 1. The number of pyridine rings is 1. The van der Waals surface area contributed by atoms with Crippen LogP contribution in [0.3, 0.4) is 0 Å². The summed E-state index contributed by atoms with van der Waals surface area (Å²) in [7, 11) is 1.26. The maximum Gasteiger partial charge on any atom is 0.306 e. The normalized spacial score (nSPS) is 19.9. The maximum absolute atomic E-state index is 12.7. The van der Waals surface area contributed by atoms with Crippen molar-refractivity contribution in [2.24, 2.45) is 5.92 Å². The molecule has 0 spiro atoms. The molecule has 1 fully saturated rings. The lowest BCUT2D eigenvalue weighted by molar-refractivity contribution is -0.140. The predicted molar refractivity (Wildman–Crippen MR) is 130 cm³/mol. The summed E-state index contributed by atoms with van der Waals surface area (Å²) in [4.78, 5) is 39.4. The number of aromatic nitrogens is 1. The number of aromatic hydroxyl groups is 2. The van der Waals surface area contributed by atoms with E-state index in [0.29, 0.717) is 36.9 Å². The molecule has 9 heteroatoms. The van der Waals surface area contributed by atoms with E-state index in [9.17, 15) is 24.6 Å². The number of fused-ring (bicyclic) bond motifs is 4. The second-order valence-electron chi connectivity index (χ2n) is 9.61. The predicted octanol–water partition coefficient (Wildman–Crippen LogP) is 2.53. The Kier molecular flexibility index (Phi) is 6.40. The van der Waals surface area contributed by atoms with Gasteiger partial charge in [-0.05, 0) is 36.1 Å². The van der Waals surface area contributed by atoms with E-state index in [0.717, 1.165) is 18.7 Å². The zero-order valence-electron chi connectivity index (χ0n) is 19.9. The molecule has 2 bridgehead atoms. The molecule has 2 aromatic heterocycles. The topological polar surface area (TPSA) is 122 Å². The smallest absolute Gasteiger partial charge is 0.306 e. The third-order valence-electron chi connectivity index (χ3n) is 7.12. The highest BCUT2D eigenvalue weighted by Gasteiger charge is 2.35. The fraction of sp³-hybridized carbons (Fsp3) is 0.370. The molecule has 2 aliphatic heterocycles. The standard InChI is InChI=1S/C27H28N2O7/c1-35-25(33)11-21(17-4-2-5-19(30)9-17)27-26(34)23(31)10-20(36-27)15-28-12-16-8-18(14-28)22-6-3-7-24(32)29(22)13-16/h2-7,9-10,16,18,21,30,34H,8,11-15H2,1H3/t16-,18+,21-/m0/s1. The number of phenols is 1. The number of esters is 1. The Labute approximate surface area is 207 Å². The maximum atomic E-state index is 12.7. The lowest BCUT2D eigenvalue weighted by Gasteiger charge is -2.42. The molecule has 0 radical (unpaired) electrons. The van der Waals surface area contributed by atoms with Crippen LogP contribution in [0.25, 0.3) is 0 Å². The fourth-order valence-corrected chi connectivity index (χ4v) is 5.57. The number of nitrogens with zero attached hydrogens (tertiary/aromatic N) is 2. The first kappa shape index (κ1) is 23.9. The molecule has 5 rings (SSSR count). The number of carbonyl (C=O) groups is 1. The van der Waals surface area contributed by atoms with Gasteiger partial charge >= 0.3 is 5.97 Å². The molecular weight excluding hydrogens is 464 g/mol. The third kappa shape index (κ3) is 4.66. The van der Waals surface area contributed by atoms with Crippen molar-refractivity contribution in [3.8, 4) is 11.5 Å². The quantitative estimate of drug-likeness (QED) is 0.504. The van der Waals surface area contributed by atoms with Gasteiger partial charge in [0, 0.05) is 43.4 Å². The number of benzene rings is 1. The monoisotopic (exact) mass is 492 g/mol. The van der Waals surface area contributed by atoms with Gasteiger partial charge in [0.2, 0.25) is 11.2 Å². The number of rotatable bonds is 6. The molecule has 188 valence electrons. The van der Waals surface area contributed by atoms with Crippen molar-refractivity contribution in [3.05, 3.63) is 91.9 Å². The highest BCUT2D eigenvalue weighted by molar-refractivity contribution is 5.71. The van der Waals surface area contributed by atoms with Gasteiger partial charge in [0.05, 0.1) is 26.0 Å². The van der Waals surface area contributed by atoms with Crippen molar-refractivity contribution in [2.75, 3.05) is 20.2 Å². The largest absolute Gasteiger partial charge is 0.508 e. The highest BCUT2D eigenvalue weighted by atomic mass is 16.5. The zero-order chi connectivity index (χ0) is 25.4. The second-order valence-corrected chi connectivity index (χ2v) is 9.61. The molecule has 1 saturated heterocycles. The van der Waals surface area contributed by atoms with Crippen LogP contribution in [0.1, 0.15) is 47.5 Å². The van der Waals surface area contributed by atoms with Crippen molar-refractivity contribution in [2.45, 2.75) is 37.8 Å². The van der Waals surface area contributed by atoms with Crippen LogP contribution >= 0.6 is 0 Å². The summed E-state index contributed by atoms with van der Waals surface area (Å²) < 4.78 is 12.8. The average Bonchev–Trinajstić information content (AvgIpc) is 2.85. The van der Waals surface area contributed by atoms with Crippen LogP contribution in [0.4, 0.5) is 0 Å². The van der Waals surface area contributed by atoms with E-state index in [-0.39, 0.29) is 29.4 Å². The number of likely N-dealkylation sites (tertiary alicyclic amines) is 1. The molecule has 1 aromatic carbocycles. The molecule has 9 nitrogen and oxygen atoms in total. The van der Waals surface area contributed by atoms with Gasteiger partial charge in [-0.3, -0.25) is 19.3 Å². The molecule has 0 amide bonds. The molecule has 3 aromatic rings. The van der Waals surface area contributed by atoms with E-state index >= 15 is 0 Å². The van der Waals surface area contributed by atoms with E-state index in [1.54, 1.807) is 24.3 Å². The Morgan fingerprint density at radius 1 is 1.11 bits per heavy atom. The summed E-state index contributed by atoms with van der Waals surface area (Å²) in [5.74, 6) is -1.12. The summed E-state index contributed by atoms with van der Waals surface area (Å²) in [5, 5.41) is 20.6. The summed E-state index contributed by atoms with van der Waals surface area (Å²) >= 11 is 0. The molecule has 4 heterocycles. The number of methoxy groups -OCH3 is 1. The average molecular weight is 493 g/mol. The minimum Gasteiger partial charge on any atom is -0.508 e. The lowest BCUT2D eigenvalue weighted by Crippen LogP contribution is -2.46. The van der Waals surface area contributed by atoms with Crippen molar-refractivity contribution in [3.63, 3.8) is 0 Å². The first-order valence-corrected chi connectivity index (χ1v) is 12.0. The number of piperidine rings is 1. The van der Waals surface area contributed by atoms with Gasteiger partial charge in [-0.2, -0.15) is 0 Å². The van der Waals surface area contributed by atoms with Crippen LogP contribution in [0.5, 0.6) is 11.5 Å². The second kappa shape index (κ2) is 9.66. The van der Waals surface area contributed by atoms with Gasteiger partial charge in [-0.1, -0.05) is 18.2 Å². The SMILES string of the molecule is COC(=O)C[C@@H](c1cccc(O)c1)c1oc(CN2C[C@@H]3C[C@H](C2)c2cccc(=O)n2C3)cc(=O)c1O. The summed E-state index contributed by atoms with van der Waals surface area (Å²) in [6.45, 7) is 2.45. The van der Waals surface area contributed by atoms with Crippen molar-refractivity contribution in [1.82, 2.24) is 9.47 Å². The van der Waals surface area contributed by atoms with Gasteiger partial charge in [0.1, 0.15) is 11.5 Å². The van der Waals surface area contributed by atoms with Crippen molar-refractivity contribution < 1.29 is 24.2 Å². The van der Waals surface area contributed by atoms with Crippen LogP contribution in [0, 0.1) is 5.92 Å². The van der Waals surface area contributed by atoms with E-state index in [4.69, 9.17) is 9.15 Å². The molecule has 2 N–H and O–H groups in total. The number of phenolic OH excluding ortho intramolecular Hbond substituents is 1. The lowest BCUT2D eigenvalue weighted by atomic mass is 9.83. The van der Waals surface area contributed by atoms with Gasteiger partial charge < -0.3 is 23.9 Å². The Morgan fingerprint density at radius 3 is 2.69 bits per heavy atom. The van der Waals surface area contributed by atoms with E-state index in [1.807, 2.05) is 10.6 Å². The van der Waals surface area contributed by atoms with E-state index in [2.05, 4.69) is 4.90 Å². The minimum atomic E-state index is -0.823. The highest BCUT2D eigenvalue weighted by Crippen LogP contribution is 2.37. The molecule has 0 aliphatic carbocycles. The third-order valence-corrected chi connectivity index (χ3v) is 7.12. The molecule has 2 aliphatic rings. The molecule has 3 atom stereocenters. The molecule has 0 saturated carbocycles. The summed E-state index contributed by atoms with van der Waals surface area (Å²) in [6, 6.07) is 12.9. The van der Waals surface area contributed by atoms with Crippen LogP contribution in [-0.4, -0.2) is 45.8 Å². The summed E-state index contributed by atoms with van der Waals surface area (Å²) in [5.41, 5.74) is 0.952.